The molecule has 2 aromatic carbocycles. The van der Waals surface area contributed by atoms with Crippen LogP contribution in [0.1, 0.15) is 42.5 Å². The van der Waals surface area contributed by atoms with Gasteiger partial charge in [0.05, 0.1) is 5.69 Å². The molecule has 2 amide bonds. The number of ether oxygens (including phenoxy) is 1. The number of halogens is 3. The summed E-state index contributed by atoms with van der Waals surface area (Å²) in [5.41, 5.74) is 1.42. The van der Waals surface area contributed by atoms with E-state index in [1.807, 2.05) is 12.1 Å². The normalized spacial score (nSPS) is 18.5. The van der Waals surface area contributed by atoms with Gasteiger partial charge in [-0.1, -0.05) is 12.8 Å². The summed E-state index contributed by atoms with van der Waals surface area (Å²) in [5, 5.41) is 5.24. The Labute approximate surface area is 208 Å². The molecule has 1 unspecified atom stereocenters. The highest BCUT2D eigenvalue weighted by Crippen LogP contribution is 2.34. The molecule has 4 rings (SSSR count). The second kappa shape index (κ2) is 10.8. The van der Waals surface area contributed by atoms with Crippen LogP contribution >= 0.6 is 0 Å². The first-order chi connectivity index (χ1) is 17.1. The fourth-order valence-corrected chi connectivity index (χ4v) is 4.76. The molecule has 2 N–H and O–H groups in total. The van der Waals surface area contributed by atoms with Crippen molar-refractivity contribution in [3.63, 3.8) is 0 Å². The minimum absolute atomic E-state index is 0.0226. The van der Waals surface area contributed by atoms with Crippen molar-refractivity contribution in [3.8, 4) is 5.75 Å². The number of nitrogens with zero attached hydrogens (tertiary/aromatic N) is 2. The van der Waals surface area contributed by atoms with Crippen molar-refractivity contribution in [1.82, 2.24) is 4.90 Å². The maximum atomic E-state index is 13.0. The van der Waals surface area contributed by atoms with E-state index >= 15 is 0 Å². The molecule has 2 aliphatic rings. The predicted octanol–water partition coefficient (Wildman–Crippen LogP) is 5.11. The standard InChI is InChI=1S/C26H31F3N4O3/c1-32(2)21-13-14-33(16-21)20-10-8-19(9-11-20)30-25(35)18-7-12-22(23(15-18)36-26(27,28)29)31-24(34)17-5-3-4-6-17/h7-12,15,17,21H,3-6,13-14,16H2,1-2H3,(H,30,35)(H,31,34). The van der Waals surface area contributed by atoms with Gasteiger partial charge in [0.25, 0.3) is 5.91 Å². The van der Waals surface area contributed by atoms with Crippen LogP contribution in [-0.2, 0) is 4.79 Å². The Balaban J connectivity index is 1.44. The fourth-order valence-electron chi connectivity index (χ4n) is 4.76. The molecule has 0 aromatic heterocycles. The van der Waals surface area contributed by atoms with Crippen molar-refractivity contribution in [2.45, 2.75) is 44.5 Å². The van der Waals surface area contributed by atoms with Gasteiger partial charge in [0.1, 0.15) is 0 Å². The molecule has 0 radical (unpaired) electrons. The number of benzene rings is 2. The lowest BCUT2D eigenvalue weighted by Gasteiger charge is -2.22. The Bertz CT molecular complexity index is 1080. The highest BCUT2D eigenvalue weighted by atomic mass is 19.4. The SMILES string of the molecule is CN(C)C1CCN(c2ccc(NC(=O)c3ccc(NC(=O)C4CCCC4)c(OC(F)(F)F)c3)cc2)C1. The Morgan fingerprint density at radius 3 is 2.31 bits per heavy atom. The zero-order chi connectivity index (χ0) is 25.9. The van der Waals surface area contributed by atoms with Gasteiger partial charge in [-0.05, 0) is 75.8 Å². The van der Waals surface area contributed by atoms with Crippen LogP contribution in [0.2, 0.25) is 0 Å². The zero-order valence-corrected chi connectivity index (χ0v) is 20.4. The van der Waals surface area contributed by atoms with Crippen LogP contribution < -0.4 is 20.3 Å². The summed E-state index contributed by atoms with van der Waals surface area (Å²) in [7, 11) is 4.13. The average Bonchev–Trinajstić information content (AvgIpc) is 3.52. The Hall–Kier alpha value is -3.27. The van der Waals surface area contributed by atoms with Crippen molar-refractivity contribution in [1.29, 1.82) is 0 Å². The van der Waals surface area contributed by atoms with Gasteiger partial charge < -0.3 is 25.2 Å². The maximum absolute atomic E-state index is 13.0. The molecule has 2 aromatic rings. The summed E-state index contributed by atoms with van der Waals surface area (Å²) in [5.74, 6) is -1.78. The van der Waals surface area contributed by atoms with Crippen LogP contribution in [-0.4, -0.2) is 56.3 Å². The van der Waals surface area contributed by atoms with Crippen molar-refractivity contribution >= 4 is 28.9 Å². The first-order valence-corrected chi connectivity index (χ1v) is 12.1. The van der Waals surface area contributed by atoms with Crippen molar-refractivity contribution < 1.29 is 27.5 Å². The largest absolute Gasteiger partial charge is 0.573 e. The number of rotatable bonds is 7. The van der Waals surface area contributed by atoms with Crippen LogP contribution in [0.5, 0.6) is 5.75 Å². The number of hydrogen-bond acceptors (Lipinski definition) is 5. The Kier molecular flexibility index (Phi) is 7.73. The quantitative estimate of drug-likeness (QED) is 0.549. The van der Waals surface area contributed by atoms with Crippen molar-refractivity contribution in [2.24, 2.45) is 5.92 Å². The predicted molar refractivity (Wildman–Crippen MR) is 132 cm³/mol. The summed E-state index contributed by atoms with van der Waals surface area (Å²) in [6.07, 6.45) is -0.662. The third-order valence-corrected chi connectivity index (χ3v) is 6.84. The first-order valence-electron chi connectivity index (χ1n) is 12.1. The molecule has 1 saturated carbocycles. The Morgan fingerprint density at radius 1 is 1.00 bits per heavy atom. The van der Waals surface area contributed by atoms with Crippen LogP contribution in [0.15, 0.2) is 42.5 Å². The molecule has 2 fully saturated rings. The number of likely N-dealkylation sites (N-methyl/N-ethyl adjacent to an activating group) is 1. The molecule has 7 nitrogen and oxygen atoms in total. The van der Waals surface area contributed by atoms with Crippen LogP contribution in [0, 0.1) is 5.92 Å². The third-order valence-electron chi connectivity index (χ3n) is 6.84. The van der Waals surface area contributed by atoms with E-state index in [1.165, 1.54) is 12.1 Å². The number of hydrogen-bond donors (Lipinski definition) is 2. The molecule has 1 saturated heterocycles. The minimum atomic E-state index is -4.97. The van der Waals surface area contributed by atoms with Crippen LogP contribution in [0.25, 0.3) is 0 Å². The second-order valence-electron chi connectivity index (χ2n) is 9.58. The number of nitrogens with one attached hydrogen (secondary N) is 2. The molecule has 1 heterocycles. The number of anilines is 3. The highest BCUT2D eigenvalue weighted by molar-refractivity contribution is 6.05. The Morgan fingerprint density at radius 2 is 1.69 bits per heavy atom. The summed E-state index contributed by atoms with van der Waals surface area (Å²) in [6.45, 7) is 1.87. The number of carbonyl (C=O) groups excluding carboxylic acids is 2. The van der Waals surface area contributed by atoms with E-state index in [0.29, 0.717) is 24.6 Å². The van der Waals surface area contributed by atoms with Gasteiger partial charge in [0.2, 0.25) is 5.91 Å². The lowest BCUT2D eigenvalue weighted by Crippen LogP contribution is -2.31. The lowest BCUT2D eigenvalue weighted by molar-refractivity contribution is -0.274. The van der Waals surface area contributed by atoms with E-state index in [9.17, 15) is 22.8 Å². The molecular formula is C26H31F3N4O3. The lowest BCUT2D eigenvalue weighted by atomic mass is 10.1. The second-order valence-corrected chi connectivity index (χ2v) is 9.58. The van der Waals surface area contributed by atoms with Crippen molar-refractivity contribution in [2.75, 3.05) is 42.7 Å². The average molecular weight is 505 g/mol. The monoisotopic (exact) mass is 504 g/mol. The van der Waals surface area contributed by atoms with E-state index < -0.39 is 18.0 Å². The van der Waals surface area contributed by atoms with Gasteiger partial charge in [-0.25, -0.2) is 0 Å². The summed E-state index contributed by atoms with van der Waals surface area (Å²) in [6, 6.07) is 11.5. The van der Waals surface area contributed by atoms with Crippen LogP contribution in [0.3, 0.4) is 0 Å². The van der Waals surface area contributed by atoms with Gasteiger partial charge in [0, 0.05) is 42.0 Å². The molecule has 1 aliphatic carbocycles. The topological polar surface area (TPSA) is 73.9 Å². The highest BCUT2D eigenvalue weighted by Gasteiger charge is 2.33. The van der Waals surface area contributed by atoms with Gasteiger partial charge in [-0.3, -0.25) is 9.59 Å². The number of amides is 2. The van der Waals surface area contributed by atoms with Gasteiger partial charge in [0.15, 0.2) is 5.75 Å². The third kappa shape index (κ3) is 6.48. The molecule has 10 heteroatoms. The van der Waals surface area contributed by atoms with E-state index in [1.54, 1.807) is 12.1 Å². The summed E-state index contributed by atoms with van der Waals surface area (Å²) >= 11 is 0. The molecule has 1 aliphatic heterocycles. The minimum Gasteiger partial charge on any atom is -0.404 e. The summed E-state index contributed by atoms with van der Waals surface area (Å²) in [4.78, 5) is 29.7. The van der Waals surface area contributed by atoms with Gasteiger partial charge in [-0.2, -0.15) is 0 Å². The van der Waals surface area contributed by atoms with E-state index in [0.717, 1.165) is 44.1 Å². The summed E-state index contributed by atoms with van der Waals surface area (Å²) < 4.78 is 43.2. The van der Waals surface area contributed by atoms with Gasteiger partial charge >= 0.3 is 6.36 Å². The number of carbonyl (C=O) groups is 2. The van der Waals surface area contributed by atoms with E-state index in [2.05, 4.69) is 39.3 Å². The van der Waals surface area contributed by atoms with E-state index in [4.69, 9.17) is 0 Å². The zero-order valence-electron chi connectivity index (χ0n) is 20.4. The van der Waals surface area contributed by atoms with Crippen LogP contribution in [0.4, 0.5) is 30.2 Å². The molecular weight excluding hydrogens is 473 g/mol. The van der Waals surface area contributed by atoms with Gasteiger partial charge in [-0.15, -0.1) is 13.2 Å². The number of alkyl halides is 3. The molecule has 36 heavy (non-hydrogen) atoms. The molecule has 1 atom stereocenters. The molecule has 194 valence electrons. The first kappa shape index (κ1) is 25.8. The maximum Gasteiger partial charge on any atom is 0.573 e. The van der Waals surface area contributed by atoms with E-state index in [-0.39, 0.29) is 23.1 Å². The molecule has 0 bridgehead atoms. The smallest absolute Gasteiger partial charge is 0.404 e. The molecule has 0 spiro atoms. The fraction of sp³-hybridized carbons (Fsp3) is 0.462. The van der Waals surface area contributed by atoms with Crippen molar-refractivity contribution in [3.05, 3.63) is 48.0 Å².